The first-order valence-electron chi connectivity index (χ1n) is 7.28. The van der Waals surface area contributed by atoms with E-state index < -0.39 is 0 Å². The van der Waals surface area contributed by atoms with Crippen LogP contribution in [0.5, 0.6) is 11.6 Å². The van der Waals surface area contributed by atoms with Gasteiger partial charge in [0.15, 0.2) is 0 Å². The number of thioether (sulfide) groups is 1. The molecule has 23 heavy (non-hydrogen) atoms. The van der Waals surface area contributed by atoms with Crippen molar-refractivity contribution in [2.75, 3.05) is 12.8 Å². The van der Waals surface area contributed by atoms with Gasteiger partial charge in [0.2, 0.25) is 5.88 Å². The lowest BCUT2D eigenvalue weighted by atomic mass is 10.1. The molecule has 5 nitrogen and oxygen atoms in total. The summed E-state index contributed by atoms with van der Waals surface area (Å²) in [6, 6.07) is 9.19. The number of aromatic nitrogens is 1. The van der Waals surface area contributed by atoms with Gasteiger partial charge in [0.05, 0.1) is 18.4 Å². The van der Waals surface area contributed by atoms with E-state index in [1.54, 1.807) is 37.1 Å². The number of phenols is 1. The molecule has 0 amide bonds. The van der Waals surface area contributed by atoms with Crippen LogP contribution < -0.4 is 10.5 Å². The van der Waals surface area contributed by atoms with E-state index in [2.05, 4.69) is 18.0 Å². The quantitative estimate of drug-likeness (QED) is 0.474. The van der Waals surface area contributed by atoms with Crippen LogP contribution in [0, 0.1) is 11.3 Å². The molecule has 0 unspecified atom stereocenters. The van der Waals surface area contributed by atoms with Gasteiger partial charge in [0.25, 0.3) is 0 Å². The Morgan fingerprint density at radius 2 is 2.22 bits per heavy atom. The minimum Gasteiger partial charge on any atom is -0.506 e. The van der Waals surface area contributed by atoms with Crippen LogP contribution in [0.3, 0.4) is 0 Å². The monoisotopic (exact) mass is 329 g/mol. The molecule has 0 bridgehead atoms. The van der Waals surface area contributed by atoms with Crippen LogP contribution in [0.1, 0.15) is 36.1 Å². The maximum Gasteiger partial charge on any atom is 0.214 e. The molecule has 2 aromatic rings. The lowest BCUT2D eigenvalue weighted by molar-refractivity contribution is 0.396. The van der Waals surface area contributed by atoms with E-state index in [9.17, 15) is 10.4 Å². The number of aromatic hydroxyl groups is 1. The normalized spacial score (nSPS) is 11.7. The third kappa shape index (κ3) is 4.08. The van der Waals surface area contributed by atoms with Crippen molar-refractivity contribution in [3.63, 3.8) is 0 Å². The second-order valence-corrected chi connectivity index (χ2v) is 6.29. The molecular formula is C17H19N3O2S. The lowest BCUT2D eigenvalue weighted by Crippen LogP contribution is -1.98. The van der Waals surface area contributed by atoms with E-state index in [-0.39, 0.29) is 11.0 Å². The largest absolute Gasteiger partial charge is 0.506 e. The molecule has 0 saturated carbocycles. The highest BCUT2D eigenvalue weighted by Crippen LogP contribution is 2.42. The summed E-state index contributed by atoms with van der Waals surface area (Å²) in [5.41, 5.74) is 7.70. The number of ether oxygens (including phenoxy) is 1. The predicted octanol–water partition coefficient (Wildman–Crippen LogP) is 3.88. The Labute approximate surface area is 140 Å². The molecule has 0 aliphatic carbocycles. The molecule has 2 rings (SSSR count). The van der Waals surface area contributed by atoms with Crippen molar-refractivity contribution in [2.45, 2.75) is 29.9 Å². The average molecular weight is 329 g/mol. The zero-order chi connectivity index (χ0) is 16.8. The van der Waals surface area contributed by atoms with E-state index in [1.807, 2.05) is 6.07 Å². The topological polar surface area (TPSA) is 92.2 Å². The third-order valence-electron chi connectivity index (χ3n) is 3.41. The van der Waals surface area contributed by atoms with E-state index >= 15 is 0 Å². The summed E-state index contributed by atoms with van der Waals surface area (Å²) in [5.74, 6) is 0.560. The van der Waals surface area contributed by atoms with Crippen molar-refractivity contribution in [2.24, 2.45) is 0 Å². The maximum absolute atomic E-state index is 9.60. The highest BCUT2D eigenvalue weighted by Gasteiger charge is 2.17. The molecule has 0 saturated heterocycles. The van der Waals surface area contributed by atoms with Gasteiger partial charge >= 0.3 is 0 Å². The van der Waals surface area contributed by atoms with Gasteiger partial charge in [0, 0.05) is 22.4 Å². The van der Waals surface area contributed by atoms with Crippen LogP contribution in [0.2, 0.25) is 0 Å². The van der Waals surface area contributed by atoms with E-state index in [0.29, 0.717) is 17.1 Å². The molecule has 1 aromatic heterocycles. The van der Waals surface area contributed by atoms with Gasteiger partial charge in [-0.15, -0.1) is 11.8 Å². The molecule has 0 aliphatic rings. The van der Waals surface area contributed by atoms with Gasteiger partial charge in [-0.25, -0.2) is 4.98 Å². The van der Waals surface area contributed by atoms with Crippen LogP contribution in [0.4, 0.5) is 5.69 Å². The van der Waals surface area contributed by atoms with Crippen LogP contribution in [0.25, 0.3) is 0 Å². The number of phenolic OH excluding ortho intramolecular Hbond substituents is 1. The van der Waals surface area contributed by atoms with E-state index in [1.165, 1.54) is 6.20 Å². The zero-order valence-corrected chi connectivity index (χ0v) is 13.9. The zero-order valence-electron chi connectivity index (χ0n) is 13.1. The summed E-state index contributed by atoms with van der Waals surface area (Å²) in [6.07, 6.45) is 3.43. The number of nitriles is 1. The highest BCUT2D eigenvalue weighted by molar-refractivity contribution is 7.99. The molecule has 1 aromatic carbocycles. The molecule has 0 spiro atoms. The SMILES string of the molecule is CCC[C@H](Sc1cc(OC)ncc1C#N)c1ccc(O)c(N)c1. The van der Waals surface area contributed by atoms with Gasteiger partial charge in [-0.3, -0.25) is 0 Å². The van der Waals surface area contributed by atoms with Crippen molar-refractivity contribution < 1.29 is 9.84 Å². The predicted molar refractivity (Wildman–Crippen MR) is 91.5 cm³/mol. The number of hydrogen-bond acceptors (Lipinski definition) is 6. The van der Waals surface area contributed by atoms with Crippen LogP contribution in [-0.4, -0.2) is 17.2 Å². The molecule has 3 N–H and O–H groups in total. The Morgan fingerprint density at radius 3 is 2.83 bits per heavy atom. The third-order valence-corrected chi connectivity index (χ3v) is 4.80. The summed E-state index contributed by atoms with van der Waals surface area (Å²) >= 11 is 1.58. The van der Waals surface area contributed by atoms with E-state index in [4.69, 9.17) is 10.5 Å². The standard InChI is InChI=1S/C17H19N3O2S/c1-3-4-15(11-5-6-14(21)13(19)7-11)23-16-8-17(22-2)20-10-12(16)9-18/h5-8,10,15,21H,3-4,19H2,1-2H3/t15-/m0/s1. The molecule has 0 aliphatic heterocycles. The number of hydrogen-bond donors (Lipinski definition) is 2. The van der Waals surface area contributed by atoms with Crippen LogP contribution in [-0.2, 0) is 0 Å². The summed E-state index contributed by atoms with van der Waals surface area (Å²) in [7, 11) is 1.55. The van der Waals surface area contributed by atoms with Gasteiger partial charge in [-0.2, -0.15) is 5.26 Å². The number of nitrogen functional groups attached to an aromatic ring is 1. The average Bonchev–Trinajstić information content (AvgIpc) is 2.56. The summed E-state index contributed by atoms with van der Waals surface area (Å²) in [4.78, 5) is 4.89. The second-order valence-electron chi connectivity index (χ2n) is 5.05. The number of benzene rings is 1. The molecule has 1 atom stereocenters. The highest BCUT2D eigenvalue weighted by atomic mass is 32.2. The smallest absolute Gasteiger partial charge is 0.214 e. The number of methoxy groups -OCH3 is 1. The Balaban J connectivity index is 2.36. The molecule has 0 fully saturated rings. The Kier molecular flexibility index (Phi) is 5.72. The van der Waals surface area contributed by atoms with Crippen molar-refractivity contribution in [1.29, 1.82) is 5.26 Å². The first kappa shape index (κ1) is 17.0. The molecule has 0 radical (unpaired) electrons. The van der Waals surface area contributed by atoms with Gasteiger partial charge in [0.1, 0.15) is 11.8 Å². The molecular weight excluding hydrogens is 310 g/mol. The summed E-state index contributed by atoms with van der Waals surface area (Å²) in [6.45, 7) is 2.11. The maximum atomic E-state index is 9.60. The number of rotatable bonds is 6. The van der Waals surface area contributed by atoms with Gasteiger partial charge in [-0.1, -0.05) is 19.4 Å². The van der Waals surface area contributed by atoms with Crippen LogP contribution >= 0.6 is 11.8 Å². The van der Waals surface area contributed by atoms with Crippen molar-refractivity contribution in [3.8, 4) is 17.7 Å². The Hall–Kier alpha value is -2.39. The van der Waals surface area contributed by atoms with E-state index in [0.717, 1.165) is 23.3 Å². The molecule has 6 heteroatoms. The first-order valence-corrected chi connectivity index (χ1v) is 8.16. The van der Waals surface area contributed by atoms with Crippen molar-refractivity contribution >= 4 is 17.4 Å². The summed E-state index contributed by atoms with van der Waals surface area (Å²) < 4.78 is 5.15. The minimum atomic E-state index is 0.0808. The first-order chi connectivity index (χ1) is 11.1. The van der Waals surface area contributed by atoms with Gasteiger partial charge in [-0.05, 0) is 24.1 Å². The fourth-order valence-electron chi connectivity index (χ4n) is 2.19. The molecule has 1 heterocycles. The lowest BCUT2D eigenvalue weighted by Gasteiger charge is -2.18. The Morgan fingerprint density at radius 1 is 1.43 bits per heavy atom. The number of pyridine rings is 1. The minimum absolute atomic E-state index is 0.0808. The summed E-state index contributed by atoms with van der Waals surface area (Å²) in [5, 5.41) is 19.0. The fourth-order valence-corrected chi connectivity index (χ4v) is 3.53. The fraction of sp³-hybridized carbons (Fsp3) is 0.294. The van der Waals surface area contributed by atoms with Crippen molar-refractivity contribution in [3.05, 3.63) is 41.6 Å². The van der Waals surface area contributed by atoms with Crippen molar-refractivity contribution in [1.82, 2.24) is 4.98 Å². The van der Waals surface area contributed by atoms with Gasteiger partial charge < -0.3 is 15.6 Å². The Bertz CT molecular complexity index is 728. The number of nitrogens with zero attached hydrogens (tertiary/aromatic N) is 2. The number of nitrogens with two attached hydrogens (primary N) is 1. The van der Waals surface area contributed by atoms with Crippen LogP contribution in [0.15, 0.2) is 35.4 Å². The molecule has 120 valence electrons. The second kappa shape index (κ2) is 7.75. The number of anilines is 1.